The van der Waals surface area contributed by atoms with Gasteiger partial charge in [0.15, 0.2) is 5.82 Å². The van der Waals surface area contributed by atoms with Crippen molar-refractivity contribution >= 4 is 21.7 Å². The highest BCUT2D eigenvalue weighted by molar-refractivity contribution is 7.89. The van der Waals surface area contributed by atoms with Crippen molar-refractivity contribution in [1.29, 1.82) is 0 Å². The van der Waals surface area contributed by atoms with E-state index in [-0.39, 0.29) is 16.4 Å². The van der Waals surface area contributed by atoms with Gasteiger partial charge in [-0.3, -0.25) is 9.48 Å². The molecule has 20 heavy (non-hydrogen) atoms. The summed E-state index contributed by atoms with van der Waals surface area (Å²) in [5.41, 5.74) is -0.0857. The molecular formula is C10H10FN5O3S. The molecule has 10 heteroatoms. The van der Waals surface area contributed by atoms with E-state index in [1.54, 1.807) is 0 Å². The first-order chi connectivity index (χ1) is 9.27. The topological polar surface area (TPSA) is 120 Å². The molecule has 0 aliphatic carbocycles. The molecule has 0 bridgehead atoms. The SMILES string of the molecule is Cn1cc(S(N)(=O)=O)c(NC(=O)c2ccc(F)cn2)n1. The van der Waals surface area contributed by atoms with Gasteiger partial charge >= 0.3 is 0 Å². The van der Waals surface area contributed by atoms with Gasteiger partial charge < -0.3 is 5.32 Å². The van der Waals surface area contributed by atoms with Crippen molar-refractivity contribution in [3.63, 3.8) is 0 Å². The average Bonchev–Trinajstić information content (AvgIpc) is 2.71. The number of rotatable bonds is 3. The smallest absolute Gasteiger partial charge is 0.275 e. The summed E-state index contributed by atoms with van der Waals surface area (Å²) >= 11 is 0. The Bertz CT molecular complexity index is 754. The van der Waals surface area contributed by atoms with Crippen LogP contribution in [0.25, 0.3) is 0 Å². The number of aryl methyl sites for hydroxylation is 1. The molecule has 0 saturated carbocycles. The van der Waals surface area contributed by atoms with Crippen LogP contribution < -0.4 is 10.5 Å². The second-order valence-electron chi connectivity index (χ2n) is 3.88. The summed E-state index contributed by atoms with van der Waals surface area (Å²) in [6, 6.07) is 2.21. The molecule has 0 saturated heterocycles. The van der Waals surface area contributed by atoms with E-state index < -0.39 is 21.7 Å². The van der Waals surface area contributed by atoms with Gasteiger partial charge in [0.1, 0.15) is 16.4 Å². The Kier molecular flexibility index (Phi) is 3.51. The van der Waals surface area contributed by atoms with Gasteiger partial charge in [-0.25, -0.2) is 22.9 Å². The third-order valence-corrected chi connectivity index (χ3v) is 3.21. The second-order valence-corrected chi connectivity index (χ2v) is 5.41. The second kappa shape index (κ2) is 4.98. The van der Waals surface area contributed by atoms with Crippen LogP contribution in [-0.2, 0) is 17.1 Å². The van der Waals surface area contributed by atoms with Crippen LogP contribution in [0.4, 0.5) is 10.2 Å². The van der Waals surface area contributed by atoms with E-state index in [1.807, 2.05) is 0 Å². The summed E-state index contributed by atoms with van der Waals surface area (Å²) in [5.74, 6) is -1.54. The maximum absolute atomic E-state index is 12.7. The molecule has 2 aromatic heterocycles. The zero-order valence-electron chi connectivity index (χ0n) is 10.2. The van der Waals surface area contributed by atoms with Crippen LogP contribution in [0.5, 0.6) is 0 Å². The monoisotopic (exact) mass is 299 g/mol. The number of anilines is 1. The number of nitrogens with two attached hydrogens (primary N) is 1. The summed E-state index contributed by atoms with van der Waals surface area (Å²) in [5, 5.41) is 11.1. The van der Waals surface area contributed by atoms with Crippen molar-refractivity contribution in [2.24, 2.45) is 12.2 Å². The number of amides is 1. The number of pyridine rings is 1. The van der Waals surface area contributed by atoms with E-state index in [4.69, 9.17) is 5.14 Å². The van der Waals surface area contributed by atoms with Gasteiger partial charge in [0.05, 0.1) is 6.20 Å². The van der Waals surface area contributed by atoms with Crippen molar-refractivity contribution in [1.82, 2.24) is 14.8 Å². The fraction of sp³-hybridized carbons (Fsp3) is 0.100. The van der Waals surface area contributed by atoms with Crippen molar-refractivity contribution in [2.75, 3.05) is 5.32 Å². The maximum atomic E-state index is 12.7. The molecule has 1 amide bonds. The lowest BCUT2D eigenvalue weighted by molar-refractivity contribution is 0.102. The Hall–Kier alpha value is -2.33. The maximum Gasteiger partial charge on any atom is 0.275 e. The van der Waals surface area contributed by atoms with Gasteiger partial charge in [0, 0.05) is 13.2 Å². The Morgan fingerprint density at radius 3 is 2.70 bits per heavy atom. The molecule has 2 rings (SSSR count). The number of nitrogens with zero attached hydrogens (tertiary/aromatic N) is 3. The van der Waals surface area contributed by atoms with Crippen LogP contribution in [-0.4, -0.2) is 29.1 Å². The van der Waals surface area contributed by atoms with Gasteiger partial charge in [-0.2, -0.15) is 5.10 Å². The minimum atomic E-state index is -4.03. The molecule has 0 aromatic carbocycles. The van der Waals surface area contributed by atoms with E-state index >= 15 is 0 Å². The largest absolute Gasteiger partial charge is 0.303 e. The predicted molar refractivity (Wildman–Crippen MR) is 66.7 cm³/mol. The zero-order chi connectivity index (χ0) is 14.9. The van der Waals surface area contributed by atoms with E-state index in [2.05, 4.69) is 15.4 Å². The highest BCUT2D eigenvalue weighted by Crippen LogP contribution is 2.17. The van der Waals surface area contributed by atoms with Crippen molar-refractivity contribution in [3.8, 4) is 0 Å². The van der Waals surface area contributed by atoms with Crippen LogP contribution in [0.1, 0.15) is 10.5 Å². The van der Waals surface area contributed by atoms with Crippen LogP contribution >= 0.6 is 0 Å². The minimum Gasteiger partial charge on any atom is -0.303 e. The first kappa shape index (κ1) is 14.1. The lowest BCUT2D eigenvalue weighted by Gasteiger charge is -2.03. The quantitative estimate of drug-likeness (QED) is 0.817. The van der Waals surface area contributed by atoms with Crippen LogP contribution in [0.15, 0.2) is 29.4 Å². The number of sulfonamides is 1. The molecule has 2 aromatic rings. The summed E-state index contributed by atoms with van der Waals surface area (Å²) in [6.07, 6.45) is 2.02. The first-order valence-corrected chi connectivity index (χ1v) is 6.81. The lowest BCUT2D eigenvalue weighted by atomic mass is 10.3. The number of carbonyl (C=O) groups is 1. The molecule has 0 unspecified atom stereocenters. The van der Waals surface area contributed by atoms with Gasteiger partial charge in [0.25, 0.3) is 5.91 Å². The summed E-state index contributed by atoms with van der Waals surface area (Å²) in [7, 11) is -2.55. The summed E-state index contributed by atoms with van der Waals surface area (Å²) in [4.78, 5) is 15.1. The zero-order valence-corrected chi connectivity index (χ0v) is 11.1. The number of aromatic nitrogens is 3. The normalized spacial score (nSPS) is 11.3. The first-order valence-electron chi connectivity index (χ1n) is 5.27. The van der Waals surface area contributed by atoms with Gasteiger partial charge in [-0.05, 0) is 12.1 Å². The Balaban J connectivity index is 2.31. The number of carbonyl (C=O) groups excluding carboxylic acids is 1. The molecule has 0 atom stereocenters. The Labute approximate surface area is 113 Å². The highest BCUT2D eigenvalue weighted by atomic mass is 32.2. The fourth-order valence-corrected chi connectivity index (χ4v) is 2.10. The van der Waals surface area contributed by atoms with Gasteiger partial charge in [-0.15, -0.1) is 0 Å². The number of hydrogen-bond acceptors (Lipinski definition) is 5. The molecule has 0 fully saturated rings. The fourth-order valence-electron chi connectivity index (χ4n) is 1.44. The van der Waals surface area contributed by atoms with Crippen LogP contribution in [0.2, 0.25) is 0 Å². The molecule has 8 nitrogen and oxygen atoms in total. The molecule has 106 valence electrons. The molecule has 2 heterocycles. The van der Waals surface area contributed by atoms with E-state index in [0.29, 0.717) is 0 Å². The number of nitrogens with one attached hydrogen (secondary N) is 1. The van der Waals surface area contributed by atoms with Crippen molar-refractivity contribution < 1.29 is 17.6 Å². The minimum absolute atomic E-state index is 0.0857. The number of hydrogen-bond donors (Lipinski definition) is 2. The summed E-state index contributed by atoms with van der Waals surface area (Å²) in [6.45, 7) is 0. The van der Waals surface area contributed by atoms with Crippen molar-refractivity contribution in [3.05, 3.63) is 36.0 Å². The van der Waals surface area contributed by atoms with Crippen LogP contribution in [0.3, 0.4) is 0 Å². The Morgan fingerprint density at radius 1 is 1.45 bits per heavy atom. The molecular weight excluding hydrogens is 289 g/mol. The van der Waals surface area contributed by atoms with Crippen LogP contribution in [0, 0.1) is 5.82 Å². The number of halogens is 1. The molecule has 0 aliphatic heterocycles. The van der Waals surface area contributed by atoms with Gasteiger partial charge in [0.2, 0.25) is 10.0 Å². The predicted octanol–water partition coefficient (Wildman–Crippen LogP) is -0.146. The van der Waals surface area contributed by atoms with Gasteiger partial charge in [-0.1, -0.05) is 0 Å². The third-order valence-electron chi connectivity index (χ3n) is 2.29. The average molecular weight is 299 g/mol. The van der Waals surface area contributed by atoms with E-state index in [1.165, 1.54) is 11.7 Å². The van der Waals surface area contributed by atoms with Crippen molar-refractivity contribution in [2.45, 2.75) is 4.90 Å². The third kappa shape index (κ3) is 2.97. The summed E-state index contributed by atoms with van der Waals surface area (Å²) < 4.78 is 36.6. The van der Waals surface area contributed by atoms with E-state index in [9.17, 15) is 17.6 Å². The molecule has 0 aliphatic rings. The molecule has 0 spiro atoms. The lowest BCUT2D eigenvalue weighted by Crippen LogP contribution is -2.18. The molecule has 3 N–H and O–H groups in total. The standard InChI is InChI=1S/C10H10FN5O3S/c1-16-5-8(20(12,18)19)9(15-16)14-10(17)7-3-2-6(11)4-13-7/h2-5H,1H3,(H2,12,18,19)(H,14,15,17). The highest BCUT2D eigenvalue weighted by Gasteiger charge is 2.20. The molecule has 0 radical (unpaired) electrons. The van der Waals surface area contributed by atoms with E-state index in [0.717, 1.165) is 24.5 Å². The Morgan fingerprint density at radius 2 is 2.15 bits per heavy atom. The number of primary sulfonamides is 1.